The van der Waals surface area contributed by atoms with Crippen LogP contribution in [0.1, 0.15) is 43.7 Å². The van der Waals surface area contributed by atoms with Crippen molar-refractivity contribution in [3.8, 4) is 0 Å². The van der Waals surface area contributed by atoms with E-state index in [4.69, 9.17) is 5.11 Å². The summed E-state index contributed by atoms with van der Waals surface area (Å²) >= 11 is 0. The Labute approximate surface area is 100 Å². The van der Waals surface area contributed by atoms with Crippen LogP contribution >= 0.6 is 0 Å². The average molecular weight is 238 g/mol. The van der Waals surface area contributed by atoms with Crippen LogP contribution in [0, 0.1) is 0 Å². The minimum atomic E-state index is -0.919. The Morgan fingerprint density at radius 3 is 2.59 bits per heavy atom. The molecule has 17 heavy (non-hydrogen) atoms. The topological polar surface area (TPSA) is 71.3 Å². The van der Waals surface area contributed by atoms with Crippen LogP contribution in [0.4, 0.5) is 0 Å². The summed E-state index contributed by atoms with van der Waals surface area (Å²) in [6.07, 6.45) is 1.76. The van der Waals surface area contributed by atoms with E-state index in [1.165, 1.54) is 0 Å². The number of aliphatic carboxylic acids is 1. The SMILES string of the molecule is CC(CC(=O)O)NC(=O)c1cccn1C(C)C. The lowest BCUT2D eigenvalue weighted by Gasteiger charge is -2.15. The molecule has 0 aliphatic rings. The molecule has 5 heteroatoms. The molecule has 0 aromatic carbocycles. The maximum absolute atomic E-state index is 11.9. The van der Waals surface area contributed by atoms with E-state index in [9.17, 15) is 9.59 Å². The fraction of sp³-hybridized carbons (Fsp3) is 0.500. The zero-order valence-corrected chi connectivity index (χ0v) is 10.3. The molecule has 0 fully saturated rings. The number of hydrogen-bond acceptors (Lipinski definition) is 2. The van der Waals surface area contributed by atoms with Crippen LogP contribution in [0.15, 0.2) is 18.3 Å². The zero-order valence-electron chi connectivity index (χ0n) is 10.3. The molecular formula is C12H18N2O3. The summed E-state index contributed by atoms with van der Waals surface area (Å²) < 4.78 is 1.85. The number of aromatic nitrogens is 1. The van der Waals surface area contributed by atoms with Crippen LogP contribution in [0.2, 0.25) is 0 Å². The summed E-state index contributed by atoms with van der Waals surface area (Å²) in [4.78, 5) is 22.4. The number of nitrogens with one attached hydrogen (secondary N) is 1. The summed E-state index contributed by atoms with van der Waals surface area (Å²) in [5, 5.41) is 11.3. The lowest BCUT2D eigenvalue weighted by molar-refractivity contribution is -0.137. The molecule has 0 spiro atoms. The molecule has 1 aromatic heterocycles. The molecule has 0 aliphatic carbocycles. The fourth-order valence-electron chi connectivity index (χ4n) is 1.65. The van der Waals surface area contributed by atoms with Crippen molar-refractivity contribution in [3.05, 3.63) is 24.0 Å². The van der Waals surface area contributed by atoms with Gasteiger partial charge in [-0.15, -0.1) is 0 Å². The molecule has 94 valence electrons. The Balaban J connectivity index is 2.70. The molecule has 1 unspecified atom stereocenters. The highest BCUT2D eigenvalue weighted by Gasteiger charge is 2.16. The smallest absolute Gasteiger partial charge is 0.305 e. The predicted octanol–water partition coefficient (Wildman–Crippen LogP) is 1.66. The van der Waals surface area contributed by atoms with Crippen LogP contribution in [0.5, 0.6) is 0 Å². The molecule has 1 atom stereocenters. The first-order valence-corrected chi connectivity index (χ1v) is 5.61. The molecule has 2 N–H and O–H groups in total. The second-order valence-electron chi connectivity index (χ2n) is 4.37. The van der Waals surface area contributed by atoms with Crippen LogP contribution in [0.25, 0.3) is 0 Å². The standard InChI is InChI=1S/C12H18N2O3/c1-8(2)14-6-4-5-10(14)12(17)13-9(3)7-11(15)16/h4-6,8-9H,7H2,1-3H3,(H,13,17)(H,15,16). The third-order valence-corrected chi connectivity index (χ3v) is 2.43. The first kappa shape index (κ1) is 13.3. The van der Waals surface area contributed by atoms with Gasteiger partial charge in [-0.2, -0.15) is 0 Å². The maximum Gasteiger partial charge on any atom is 0.305 e. The molecule has 0 saturated carbocycles. The van der Waals surface area contributed by atoms with Gasteiger partial charge in [0.05, 0.1) is 6.42 Å². The van der Waals surface area contributed by atoms with Crippen molar-refractivity contribution in [1.29, 1.82) is 0 Å². The van der Waals surface area contributed by atoms with Crippen LogP contribution in [-0.2, 0) is 4.79 Å². The van der Waals surface area contributed by atoms with E-state index in [1.807, 2.05) is 24.6 Å². The molecule has 0 bridgehead atoms. The predicted molar refractivity (Wildman–Crippen MR) is 64.0 cm³/mol. The van der Waals surface area contributed by atoms with Crippen molar-refractivity contribution in [1.82, 2.24) is 9.88 Å². The van der Waals surface area contributed by atoms with E-state index < -0.39 is 5.97 Å². The minimum absolute atomic E-state index is 0.0753. The quantitative estimate of drug-likeness (QED) is 0.819. The van der Waals surface area contributed by atoms with Gasteiger partial charge in [0.15, 0.2) is 0 Å². The van der Waals surface area contributed by atoms with Gasteiger partial charge >= 0.3 is 5.97 Å². The summed E-state index contributed by atoms with van der Waals surface area (Å²) in [6.45, 7) is 5.64. The number of carboxylic acids is 1. The lowest BCUT2D eigenvalue weighted by atomic mass is 10.2. The molecule has 1 rings (SSSR count). The second kappa shape index (κ2) is 5.52. The van der Waals surface area contributed by atoms with Gasteiger partial charge < -0.3 is 15.0 Å². The summed E-state index contributed by atoms with van der Waals surface area (Å²) in [7, 11) is 0. The number of carbonyl (C=O) groups is 2. The van der Waals surface area contributed by atoms with Crippen LogP contribution < -0.4 is 5.32 Å². The van der Waals surface area contributed by atoms with E-state index in [0.717, 1.165) is 0 Å². The van der Waals surface area contributed by atoms with E-state index in [1.54, 1.807) is 19.1 Å². The zero-order chi connectivity index (χ0) is 13.0. The van der Waals surface area contributed by atoms with Gasteiger partial charge in [0.25, 0.3) is 5.91 Å². The van der Waals surface area contributed by atoms with Gasteiger partial charge in [-0.1, -0.05) is 0 Å². The summed E-state index contributed by atoms with van der Waals surface area (Å²) in [5.74, 6) is -1.16. The van der Waals surface area contributed by atoms with Crippen molar-refractivity contribution >= 4 is 11.9 Å². The van der Waals surface area contributed by atoms with Crippen molar-refractivity contribution in [2.24, 2.45) is 0 Å². The maximum atomic E-state index is 11.9. The molecule has 1 amide bonds. The van der Waals surface area contributed by atoms with Gasteiger partial charge in [0, 0.05) is 18.3 Å². The normalized spacial score (nSPS) is 12.5. The van der Waals surface area contributed by atoms with E-state index >= 15 is 0 Å². The average Bonchev–Trinajstić information content (AvgIpc) is 2.63. The Bertz CT molecular complexity index is 410. The Hall–Kier alpha value is -1.78. The number of carboxylic acid groups (broad SMARTS) is 1. The third-order valence-electron chi connectivity index (χ3n) is 2.43. The highest BCUT2D eigenvalue weighted by Crippen LogP contribution is 2.10. The van der Waals surface area contributed by atoms with Crippen LogP contribution in [0.3, 0.4) is 0 Å². The van der Waals surface area contributed by atoms with Gasteiger partial charge in [-0.25, -0.2) is 0 Å². The molecule has 0 saturated heterocycles. The highest BCUT2D eigenvalue weighted by molar-refractivity contribution is 5.93. The number of rotatable bonds is 5. The molecule has 5 nitrogen and oxygen atoms in total. The van der Waals surface area contributed by atoms with Crippen molar-refractivity contribution in [2.45, 2.75) is 39.3 Å². The second-order valence-corrected chi connectivity index (χ2v) is 4.37. The third kappa shape index (κ3) is 3.62. The van der Waals surface area contributed by atoms with Crippen molar-refractivity contribution in [3.63, 3.8) is 0 Å². The van der Waals surface area contributed by atoms with Crippen molar-refractivity contribution < 1.29 is 14.7 Å². The minimum Gasteiger partial charge on any atom is -0.481 e. The van der Waals surface area contributed by atoms with Gasteiger partial charge in [-0.3, -0.25) is 9.59 Å². The Morgan fingerprint density at radius 2 is 2.06 bits per heavy atom. The molecule has 1 heterocycles. The molecule has 0 aliphatic heterocycles. The highest BCUT2D eigenvalue weighted by atomic mass is 16.4. The van der Waals surface area contributed by atoms with Gasteiger partial charge in [0.2, 0.25) is 0 Å². The summed E-state index contributed by atoms with van der Waals surface area (Å²) in [6, 6.07) is 3.34. The first-order valence-electron chi connectivity index (χ1n) is 5.61. The fourth-order valence-corrected chi connectivity index (χ4v) is 1.65. The largest absolute Gasteiger partial charge is 0.481 e. The molecular weight excluding hydrogens is 220 g/mol. The first-order chi connectivity index (χ1) is 7.91. The van der Waals surface area contributed by atoms with Crippen LogP contribution in [-0.4, -0.2) is 27.6 Å². The Morgan fingerprint density at radius 1 is 1.41 bits per heavy atom. The molecule has 1 aromatic rings. The number of nitrogens with zero attached hydrogens (tertiary/aromatic N) is 1. The summed E-state index contributed by atoms with van der Waals surface area (Å²) in [5.41, 5.74) is 0.553. The number of carbonyl (C=O) groups excluding carboxylic acids is 1. The molecule has 0 radical (unpaired) electrons. The Kier molecular flexibility index (Phi) is 4.31. The number of amides is 1. The lowest BCUT2D eigenvalue weighted by Crippen LogP contribution is -2.35. The van der Waals surface area contributed by atoms with E-state index in [2.05, 4.69) is 5.32 Å². The van der Waals surface area contributed by atoms with E-state index in [0.29, 0.717) is 5.69 Å². The van der Waals surface area contributed by atoms with E-state index in [-0.39, 0.29) is 24.4 Å². The van der Waals surface area contributed by atoms with Gasteiger partial charge in [-0.05, 0) is 32.9 Å². The monoisotopic (exact) mass is 238 g/mol. The van der Waals surface area contributed by atoms with Gasteiger partial charge in [0.1, 0.15) is 5.69 Å². The van der Waals surface area contributed by atoms with Crippen molar-refractivity contribution in [2.75, 3.05) is 0 Å². The number of hydrogen-bond donors (Lipinski definition) is 2.